The second-order valence-electron chi connectivity index (χ2n) is 8.55. The number of rotatable bonds is 7. The number of nitrogens with one attached hydrogen (secondary N) is 1. The van der Waals surface area contributed by atoms with Crippen LogP contribution in [0.5, 0.6) is 0 Å². The van der Waals surface area contributed by atoms with Gasteiger partial charge in [0.25, 0.3) is 0 Å². The Balaban J connectivity index is 2.15. The molecule has 1 atom stereocenters. The summed E-state index contributed by atoms with van der Waals surface area (Å²) in [5, 5.41) is 2.99. The first-order chi connectivity index (χ1) is 13.5. The van der Waals surface area contributed by atoms with Gasteiger partial charge >= 0.3 is 0 Å². The number of carbonyl (C=O) groups excluding carboxylic acids is 2. The summed E-state index contributed by atoms with van der Waals surface area (Å²) in [5.41, 5.74) is 2.97. The number of hydrogen-bond donors (Lipinski definition) is 1. The van der Waals surface area contributed by atoms with Crippen LogP contribution in [0.3, 0.4) is 0 Å². The summed E-state index contributed by atoms with van der Waals surface area (Å²) in [5.74, 6) is -0.164. The third kappa shape index (κ3) is 7.65. The maximum atomic E-state index is 13.1. The van der Waals surface area contributed by atoms with Crippen LogP contribution in [0.15, 0.2) is 53.0 Å². The van der Waals surface area contributed by atoms with Crippen molar-refractivity contribution in [3.05, 3.63) is 69.7 Å². The van der Waals surface area contributed by atoms with Gasteiger partial charge in [0.05, 0.1) is 0 Å². The Bertz CT molecular complexity index is 823. The fourth-order valence-electron chi connectivity index (χ4n) is 2.99. The van der Waals surface area contributed by atoms with Crippen molar-refractivity contribution >= 4 is 27.7 Å². The molecule has 2 aromatic rings. The van der Waals surface area contributed by atoms with E-state index in [1.165, 1.54) is 5.56 Å². The van der Waals surface area contributed by atoms with Gasteiger partial charge in [0.15, 0.2) is 0 Å². The van der Waals surface area contributed by atoms with E-state index in [1.807, 2.05) is 52.0 Å². The first-order valence-corrected chi connectivity index (χ1v) is 10.8. The molecule has 0 bridgehead atoms. The standard InChI is InChI=1S/C24H31BrN2O2/c1-17-6-8-19(9-7-17)12-15-22(28)27(16-20-10-13-21(25)14-11-20)18(2)23(29)26-24(3,4)5/h6-11,13-14,18H,12,15-16H2,1-5H3,(H,26,29). The van der Waals surface area contributed by atoms with Crippen LogP contribution in [-0.2, 0) is 22.6 Å². The van der Waals surface area contributed by atoms with E-state index in [4.69, 9.17) is 0 Å². The molecule has 0 aliphatic rings. The van der Waals surface area contributed by atoms with Crippen LogP contribution in [-0.4, -0.2) is 28.3 Å². The molecule has 1 unspecified atom stereocenters. The molecule has 2 amide bonds. The highest BCUT2D eigenvalue weighted by molar-refractivity contribution is 9.10. The van der Waals surface area contributed by atoms with Gasteiger partial charge in [0.2, 0.25) is 11.8 Å². The fourth-order valence-corrected chi connectivity index (χ4v) is 3.26. The molecule has 5 heteroatoms. The Hall–Kier alpha value is -2.14. The average Bonchev–Trinajstić information content (AvgIpc) is 2.65. The molecule has 1 N–H and O–H groups in total. The maximum absolute atomic E-state index is 13.1. The van der Waals surface area contributed by atoms with Crippen molar-refractivity contribution in [2.75, 3.05) is 0 Å². The summed E-state index contributed by atoms with van der Waals surface area (Å²) in [6, 6.07) is 15.5. The van der Waals surface area contributed by atoms with E-state index in [9.17, 15) is 9.59 Å². The fraction of sp³-hybridized carbons (Fsp3) is 0.417. The Morgan fingerprint density at radius 3 is 2.10 bits per heavy atom. The lowest BCUT2D eigenvalue weighted by Crippen LogP contribution is -2.52. The lowest BCUT2D eigenvalue weighted by molar-refractivity contribution is -0.141. The number of aryl methyl sites for hydroxylation is 2. The largest absolute Gasteiger partial charge is 0.350 e. The molecule has 2 aromatic carbocycles. The second kappa shape index (κ2) is 10.1. The van der Waals surface area contributed by atoms with Gasteiger partial charge in [-0.05, 0) is 64.3 Å². The zero-order chi connectivity index (χ0) is 21.6. The van der Waals surface area contributed by atoms with Gasteiger partial charge in [-0.3, -0.25) is 9.59 Å². The quantitative estimate of drug-likeness (QED) is 0.632. The minimum absolute atomic E-state index is 0.0231. The summed E-state index contributed by atoms with van der Waals surface area (Å²) in [6.07, 6.45) is 1.02. The molecule has 156 valence electrons. The molecule has 0 aliphatic heterocycles. The van der Waals surface area contributed by atoms with Crippen LogP contribution in [0.4, 0.5) is 0 Å². The van der Waals surface area contributed by atoms with E-state index < -0.39 is 6.04 Å². The smallest absolute Gasteiger partial charge is 0.242 e. The SMILES string of the molecule is Cc1ccc(CCC(=O)N(Cc2ccc(Br)cc2)C(C)C(=O)NC(C)(C)C)cc1. The van der Waals surface area contributed by atoms with Gasteiger partial charge < -0.3 is 10.2 Å². The summed E-state index contributed by atoms with van der Waals surface area (Å²) >= 11 is 3.44. The number of hydrogen-bond acceptors (Lipinski definition) is 2. The molecular formula is C24H31BrN2O2. The molecule has 2 rings (SSSR count). The molecule has 0 heterocycles. The van der Waals surface area contributed by atoms with E-state index in [-0.39, 0.29) is 17.4 Å². The third-order valence-electron chi connectivity index (χ3n) is 4.68. The van der Waals surface area contributed by atoms with Crippen LogP contribution in [0.25, 0.3) is 0 Å². The van der Waals surface area contributed by atoms with Crippen molar-refractivity contribution in [1.82, 2.24) is 10.2 Å². The molecule has 0 aliphatic carbocycles. The Morgan fingerprint density at radius 1 is 1.00 bits per heavy atom. The zero-order valence-electron chi connectivity index (χ0n) is 18.0. The molecule has 0 radical (unpaired) electrons. The molecule has 4 nitrogen and oxygen atoms in total. The number of nitrogens with zero attached hydrogens (tertiary/aromatic N) is 1. The topological polar surface area (TPSA) is 49.4 Å². The lowest BCUT2D eigenvalue weighted by atomic mass is 10.1. The van der Waals surface area contributed by atoms with Gasteiger partial charge in [-0.25, -0.2) is 0 Å². The van der Waals surface area contributed by atoms with Crippen molar-refractivity contribution < 1.29 is 9.59 Å². The van der Waals surface area contributed by atoms with Gasteiger partial charge in [0.1, 0.15) is 6.04 Å². The van der Waals surface area contributed by atoms with Crippen LogP contribution >= 0.6 is 15.9 Å². The van der Waals surface area contributed by atoms with Gasteiger partial charge in [0, 0.05) is 23.0 Å². The van der Waals surface area contributed by atoms with Crippen LogP contribution in [0.1, 0.15) is 50.8 Å². The first kappa shape index (κ1) is 23.1. The summed E-state index contributed by atoms with van der Waals surface area (Å²) in [4.78, 5) is 27.5. The van der Waals surface area contributed by atoms with E-state index in [0.29, 0.717) is 19.4 Å². The van der Waals surface area contributed by atoms with Gasteiger partial charge in [-0.2, -0.15) is 0 Å². The number of halogens is 1. The highest BCUT2D eigenvalue weighted by atomic mass is 79.9. The van der Waals surface area contributed by atoms with Crippen molar-refractivity contribution in [2.45, 2.75) is 65.6 Å². The number of carbonyl (C=O) groups is 2. The highest BCUT2D eigenvalue weighted by Gasteiger charge is 2.28. The Labute approximate surface area is 182 Å². The maximum Gasteiger partial charge on any atom is 0.242 e. The molecule has 0 saturated heterocycles. The summed E-state index contributed by atoms with van der Waals surface area (Å²) in [6.45, 7) is 10.1. The molecular weight excluding hydrogens is 428 g/mol. The molecule has 0 saturated carbocycles. The molecule has 0 spiro atoms. The van der Waals surface area contributed by atoms with Crippen LogP contribution in [0.2, 0.25) is 0 Å². The second-order valence-corrected chi connectivity index (χ2v) is 9.46. The predicted octanol–water partition coefficient (Wildman–Crippen LogP) is 5.02. The molecule has 0 fully saturated rings. The van der Waals surface area contributed by atoms with E-state index >= 15 is 0 Å². The average molecular weight is 459 g/mol. The Morgan fingerprint density at radius 2 is 1.55 bits per heavy atom. The molecule has 29 heavy (non-hydrogen) atoms. The third-order valence-corrected chi connectivity index (χ3v) is 5.21. The van der Waals surface area contributed by atoms with Crippen molar-refractivity contribution in [3.63, 3.8) is 0 Å². The first-order valence-electron chi connectivity index (χ1n) is 9.96. The van der Waals surface area contributed by atoms with E-state index in [1.54, 1.807) is 11.8 Å². The lowest BCUT2D eigenvalue weighted by Gasteiger charge is -2.31. The van der Waals surface area contributed by atoms with Crippen LogP contribution in [0, 0.1) is 6.92 Å². The molecule has 0 aromatic heterocycles. The normalized spacial score (nSPS) is 12.3. The van der Waals surface area contributed by atoms with Crippen LogP contribution < -0.4 is 5.32 Å². The van der Waals surface area contributed by atoms with Gasteiger partial charge in [-0.15, -0.1) is 0 Å². The summed E-state index contributed by atoms with van der Waals surface area (Å²) < 4.78 is 0.983. The Kier molecular flexibility index (Phi) is 8.03. The minimum Gasteiger partial charge on any atom is -0.350 e. The van der Waals surface area contributed by atoms with Gasteiger partial charge in [-0.1, -0.05) is 57.9 Å². The zero-order valence-corrected chi connectivity index (χ0v) is 19.5. The van der Waals surface area contributed by atoms with Crippen molar-refractivity contribution in [1.29, 1.82) is 0 Å². The predicted molar refractivity (Wildman–Crippen MR) is 122 cm³/mol. The monoisotopic (exact) mass is 458 g/mol. The number of benzene rings is 2. The minimum atomic E-state index is -0.552. The van der Waals surface area contributed by atoms with Crippen molar-refractivity contribution in [2.24, 2.45) is 0 Å². The summed E-state index contributed by atoms with van der Waals surface area (Å²) in [7, 11) is 0. The van der Waals surface area contributed by atoms with Crippen molar-refractivity contribution in [3.8, 4) is 0 Å². The highest BCUT2D eigenvalue weighted by Crippen LogP contribution is 2.16. The van der Waals surface area contributed by atoms with E-state index in [2.05, 4.69) is 45.5 Å². The van der Waals surface area contributed by atoms with E-state index in [0.717, 1.165) is 15.6 Å². The number of amides is 2.